The highest BCUT2D eigenvalue weighted by Crippen LogP contribution is 2.44. The molecule has 0 saturated heterocycles. The molecular weight excluding hydrogens is 266 g/mol. The normalized spacial score (nSPS) is 15.6. The summed E-state index contributed by atoms with van der Waals surface area (Å²) in [5, 5.41) is 0.459. The summed E-state index contributed by atoms with van der Waals surface area (Å²) in [6, 6.07) is 0. The molecule has 0 spiro atoms. The van der Waals surface area contributed by atoms with Crippen LogP contribution in [0.5, 0.6) is 0 Å². The van der Waals surface area contributed by atoms with E-state index in [1.165, 1.54) is 24.2 Å². The number of esters is 1. The van der Waals surface area contributed by atoms with E-state index in [4.69, 9.17) is 4.74 Å². The zero-order valence-corrected chi connectivity index (χ0v) is 10.2. The average molecular weight is 276 g/mol. The van der Waals surface area contributed by atoms with Crippen molar-refractivity contribution >= 4 is 33.2 Å². The minimum atomic E-state index is -0.315. The van der Waals surface area contributed by atoms with Gasteiger partial charge in [0.1, 0.15) is 0 Å². The summed E-state index contributed by atoms with van der Waals surface area (Å²) in [5.74, 6) is 0.244. The summed E-state index contributed by atoms with van der Waals surface area (Å²) in [7, 11) is 0. The molecule has 1 aliphatic carbocycles. The van der Waals surface area contributed by atoms with Crippen LogP contribution >= 0.6 is 27.3 Å². The third kappa shape index (κ3) is 1.98. The van der Waals surface area contributed by atoms with E-state index >= 15 is 0 Å². The first kappa shape index (κ1) is 10.1. The number of carbonyl (C=O) groups is 1. The summed E-state index contributed by atoms with van der Waals surface area (Å²) in [4.78, 5) is 15.6. The van der Waals surface area contributed by atoms with Crippen molar-refractivity contribution in [3.63, 3.8) is 0 Å². The van der Waals surface area contributed by atoms with Gasteiger partial charge in [-0.05, 0) is 35.7 Å². The molecule has 1 saturated carbocycles. The fourth-order valence-electron chi connectivity index (χ4n) is 1.20. The molecule has 14 heavy (non-hydrogen) atoms. The van der Waals surface area contributed by atoms with Crippen LogP contribution in [0.3, 0.4) is 0 Å². The number of hydrogen-bond acceptors (Lipinski definition) is 4. The largest absolute Gasteiger partial charge is 0.461 e. The van der Waals surface area contributed by atoms with Crippen LogP contribution in [0.2, 0.25) is 0 Å². The van der Waals surface area contributed by atoms with Gasteiger partial charge in [0.15, 0.2) is 0 Å². The predicted molar refractivity (Wildman–Crippen MR) is 57.7 cm³/mol. The van der Waals surface area contributed by atoms with Crippen LogP contribution < -0.4 is 0 Å². The molecule has 1 heterocycles. The highest BCUT2D eigenvalue weighted by atomic mass is 79.9. The number of rotatable bonds is 3. The van der Waals surface area contributed by atoms with Gasteiger partial charge in [0.05, 0.1) is 16.1 Å². The maximum atomic E-state index is 11.4. The van der Waals surface area contributed by atoms with Gasteiger partial charge >= 0.3 is 5.97 Å². The summed E-state index contributed by atoms with van der Waals surface area (Å²) >= 11 is 4.79. The van der Waals surface area contributed by atoms with E-state index in [1.807, 2.05) is 0 Å². The number of hydrogen-bond donors (Lipinski definition) is 0. The number of aromatic nitrogens is 1. The van der Waals surface area contributed by atoms with E-state index < -0.39 is 0 Å². The molecule has 1 fully saturated rings. The van der Waals surface area contributed by atoms with Crippen LogP contribution in [0.4, 0.5) is 0 Å². The first-order valence-corrected chi connectivity index (χ1v) is 6.16. The summed E-state index contributed by atoms with van der Waals surface area (Å²) < 4.78 is 5.86. The van der Waals surface area contributed by atoms with Crippen molar-refractivity contribution in [3.8, 4) is 0 Å². The van der Waals surface area contributed by atoms with E-state index in [2.05, 4.69) is 20.9 Å². The van der Waals surface area contributed by atoms with Crippen molar-refractivity contribution in [1.29, 1.82) is 0 Å². The van der Waals surface area contributed by atoms with Crippen molar-refractivity contribution in [3.05, 3.63) is 14.5 Å². The number of thiazole rings is 1. The molecule has 0 bridgehead atoms. The fourth-order valence-corrected chi connectivity index (χ4v) is 2.85. The predicted octanol–water partition coefficient (Wildman–Crippen LogP) is 2.96. The first-order valence-electron chi connectivity index (χ1n) is 4.55. The Bertz CT molecular complexity index is 360. The molecule has 76 valence electrons. The van der Waals surface area contributed by atoms with E-state index in [1.54, 1.807) is 6.92 Å². The van der Waals surface area contributed by atoms with E-state index in [0.717, 1.165) is 9.48 Å². The van der Waals surface area contributed by atoms with Gasteiger partial charge in [-0.3, -0.25) is 0 Å². The number of nitrogens with zero attached hydrogens (tertiary/aromatic N) is 1. The third-order valence-electron chi connectivity index (χ3n) is 2.02. The molecule has 2 rings (SSSR count). The Morgan fingerprint density at radius 2 is 2.43 bits per heavy atom. The van der Waals surface area contributed by atoms with E-state index in [0.29, 0.717) is 17.5 Å². The Hall–Kier alpha value is -0.420. The lowest BCUT2D eigenvalue weighted by molar-refractivity contribution is 0.0525. The second-order valence-corrected chi connectivity index (χ2v) is 5.49. The van der Waals surface area contributed by atoms with Crippen molar-refractivity contribution < 1.29 is 9.53 Å². The van der Waals surface area contributed by atoms with Gasteiger partial charge in [0.25, 0.3) is 0 Å². The van der Waals surface area contributed by atoms with Gasteiger partial charge in [0, 0.05) is 5.92 Å². The fraction of sp³-hybridized carbons (Fsp3) is 0.556. The van der Waals surface area contributed by atoms with Crippen molar-refractivity contribution in [2.45, 2.75) is 25.7 Å². The van der Waals surface area contributed by atoms with Crippen molar-refractivity contribution in [2.75, 3.05) is 6.61 Å². The Morgan fingerprint density at radius 1 is 1.71 bits per heavy atom. The zero-order chi connectivity index (χ0) is 10.1. The second-order valence-electron chi connectivity index (χ2n) is 3.17. The summed E-state index contributed by atoms with van der Waals surface area (Å²) in [6.45, 7) is 2.19. The smallest absolute Gasteiger partial charge is 0.367 e. The van der Waals surface area contributed by atoms with Crippen LogP contribution in [-0.2, 0) is 4.74 Å². The molecule has 1 aromatic heterocycles. The lowest BCUT2D eigenvalue weighted by Gasteiger charge is -1.95. The maximum absolute atomic E-state index is 11.4. The number of carbonyl (C=O) groups excluding carboxylic acids is 1. The molecule has 5 heteroatoms. The molecule has 0 amide bonds. The second kappa shape index (κ2) is 3.98. The molecule has 1 aliphatic rings. The van der Waals surface area contributed by atoms with Crippen LogP contribution in [0.25, 0.3) is 0 Å². The summed E-state index contributed by atoms with van der Waals surface area (Å²) in [5.41, 5.74) is 1.03. The molecular formula is C9H10BrNO2S. The maximum Gasteiger partial charge on any atom is 0.367 e. The zero-order valence-electron chi connectivity index (χ0n) is 7.75. The van der Waals surface area contributed by atoms with Crippen molar-refractivity contribution in [2.24, 2.45) is 0 Å². The quantitative estimate of drug-likeness (QED) is 0.797. The van der Waals surface area contributed by atoms with Gasteiger partial charge in [-0.25, -0.2) is 9.78 Å². The molecule has 0 N–H and O–H groups in total. The van der Waals surface area contributed by atoms with Crippen molar-refractivity contribution in [1.82, 2.24) is 4.98 Å². The lowest BCUT2D eigenvalue weighted by atomic mass is 10.3. The van der Waals surface area contributed by atoms with Gasteiger partial charge in [-0.2, -0.15) is 0 Å². The Morgan fingerprint density at radius 3 is 3.00 bits per heavy atom. The van der Waals surface area contributed by atoms with Crippen LogP contribution in [0.1, 0.15) is 41.2 Å². The topological polar surface area (TPSA) is 39.2 Å². The molecule has 0 atom stereocenters. The minimum Gasteiger partial charge on any atom is -0.461 e. The lowest BCUT2D eigenvalue weighted by Crippen LogP contribution is -2.03. The molecule has 0 aromatic carbocycles. The Kier molecular flexibility index (Phi) is 2.88. The monoisotopic (exact) mass is 275 g/mol. The number of ether oxygens (including phenoxy) is 1. The van der Waals surface area contributed by atoms with Gasteiger partial charge < -0.3 is 4.74 Å². The van der Waals surface area contributed by atoms with Gasteiger partial charge in [0.2, 0.25) is 5.01 Å². The molecule has 0 unspecified atom stereocenters. The highest BCUT2D eigenvalue weighted by Gasteiger charge is 2.30. The van der Waals surface area contributed by atoms with Crippen LogP contribution in [0.15, 0.2) is 3.79 Å². The standard InChI is InChI=1S/C9H10BrNO2S/c1-2-13-9(12)8-11-6(5-3-4-5)7(10)14-8/h5H,2-4H2,1H3. The molecule has 1 aromatic rings. The van der Waals surface area contributed by atoms with E-state index in [9.17, 15) is 4.79 Å². The minimum absolute atomic E-state index is 0.315. The Balaban J connectivity index is 2.18. The third-order valence-corrected chi connectivity index (χ3v) is 3.76. The van der Waals surface area contributed by atoms with Crippen LogP contribution in [-0.4, -0.2) is 17.6 Å². The summed E-state index contributed by atoms with van der Waals surface area (Å²) in [6.07, 6.45) is 2.37. The van der Waals surface area contributed by atoms with Crippen LogP contribution in [0, 0.1) is 0 Å². The Labute approximate surface area is 94.6 Å². The van der Waals surface area contributed by atoms with Gasteiger partial charge in [-0.15, -0.1) is 0 Å². The average Bonchev–Trinajstić information content (AvgIpc) is 2.91. The first-order chi connectivity index (χ1) is 6.72. The molecule has 3 nitrogen and oxygen atoms in total. The SMILES string of the molecule is CCOC(=O)c1nc(C2CC2)c(Br)s1. The number of halogens is 1. The molecule has 0 radical (unpaired) electrons. The molecule has 0 aliphatic heterocycles. The van der Waals surface area contributed by atoms with E-state index in [-0.39, 0.29) is 5.97 Å². The highest BCUT2D eigenvalue weighted by molar-refractivity contribution is 9.11. The van der Waals surface area contributed by atoms with Gasteiger partial charge in [-0.1, -0.05) is 11.3 Å².